The van der Waals surface area contributed by atoms with Gasteiger partial charge in [0.15, 0.2) is 5.78 Å². The third-order valence-corrected chi connectivity index (χ3v) is 3.40. The molecule has 2 rings (SSSR count). The van der Waals surface area contributed by atoms with Crippen LogP contribution in [0.2, 0.25) is 5.02 Å². The fraction of sp³-hybridized carbons (Fsp3) is 0.188. The molecule has 2 aromatic carbocycles. The van der Waals surface area contributed by atoms with Gasteiger partial charge in [-0.3, -0.25) is 4.79 Å². The lowest BCUT2D eigenvalue weighted by molar-refractivity contribution is -0.149. The van der Waals surface area contributed by atoms with Gasteiger partial charge in [0.2, 0.25) is 0 Å². The van der Waals surface area contributed by atoms with E-state index in [1.807, 2.05) is 0 Å². The second-order valence-electron chi connectivity index (χ2n) is 4.64. The molecule has 0 aliphatic rings. The molecule has 0 saturated carbocycles. The summed E-state index contributed by atoms with van der Waals surface area (Å²) >= 11 is 5.68. The van der Waals surface area contributed by atoms with Crippen molar-refractivity contribution in [3.8, 4) is 0 Å². The molecule has 1 atom stereocenters. The third-order valence-electron chi connectivity index (χ3n) is 3.15. The first-order valence-corrected chi connectivity index (χ1v) is 6.66. The minimum atomic E-state index is -4.49. The van der Waals surface area contributed by atoms with Gasteiger partial charge in [-0.2, -0.15) is 13.2 Å². The maximum absolute atomic E-state index is 13.2. The van der Waals surface area contributed by atoms with Gasteiger partial charge in [-0.25, -0.2) is 0 Å². The molecule has 0 aliphatic carbocycles. The molecule has 110 valence electrons. The van der Waals surface area contributed by atoms with Crippen LogP contribution in [0.1, 0.15) is 28.3 Å². The van der Waals surface area contributed by atoms with Crippen molar-refractivity contribution in [1.82, 2.24) is 0 Å². The molecule has 0 unspecified atom stereocenters. The van der Waals surface area contributed by atoms with Crippen LogP contribution in [0.25, 0.3) is 0 Å². The summed E-state index contributed by atoms with van der Waals surface area (Å²) in [6.45, 7) is 0. The fourth-order valence-electron chi connectivity index (χ4n) is 2.04. The van der Waals surface area contributed by atoms with Gasteiger partial charge in [0.1, 0.15) is 0 Å². The van der Waals surface area contributed by atoms with E-state index in [9.17, 15) is 18.0 Å². The van der Waals surface area contributed by atoms with Crippen molar-refractivity contribution in [3.63, 3.8) is 0 Å². The fourth-order valence-corrected chi connectivity index (χ4v) is 2.17. The second kappa shape index (κ2) is 6.31. The number of carbonyl (C=O) groups excluding carboxylic acids is 1. The Morgan fingerprint density at radius 1 is 1.00 bits per heavy atom. The maximum Gasteiger partial charge on any atom is 0.396 e. The summed E-state index contributed by atoms with van der Waals surface area (Å²) in [5.41, 5.74) is 0.317. The van der Waals surface area contributed by atoms with E-state index in [4.69, 9.17) is 11.6 Å². The molecule has 0 heterocycles. The highest BCUT2D eigenvalue weighted by Crippen LogP contribution is 2.38. The first-order valence-electron chi connectivity index (χ1n) is 6.28. The van der Waals surface area contributed by atoms with E-state index in [1.54, 1.807) is 18.2 Å². The Labute approximate surface area is 125 Å². The van der Waals surface area contributed by atoms with Crippen molar-refractivity contribution in [2.75, 3.05) is 0 Å². The zero-order valence-corrected chi connectivity index (χ0v) is 11.7. The highest BCUT2D eigenvalue weighted by molar-refractivity contribution is 6.30. The Kier molecular flexibility index (Phi) is 4.68. The minimum Gasteiger partial charge on any atom is -0.294 e. The molecule has 0 N–H and O–H groups in total. The van der Waals surface area contributed by atoms with Gasteiger partial charge >= 0.3 is 6.18 Å². The van der Waals surface area contributed by atoms with Crippen molar-refractivity contribution < 1.29 is 18.0 Å². The molecule has 0 aliphatic heterocycles. The first-order chi connectivity index (χ1) is 9.88. The van der Waals surface area contributed by atoms with E-state index in [0.717, 1.165) is 0 Å². The van der Waals surface area contributed by atoms with Gasteiger partial charge in [-0.15, -0.1) is 0 Å². The first kappa shape index (κ1) is 15.6. The van der Waals surface area contributed by atoms with Gasteiger partial charge < -0.3 is 0 Å². The second-order valence-corrected chi connectivity index (χ2v) is 5.08. The molecule has 2 aromatic rings. The predicted octanol–water partition coefficient (Wildman–Crippen LogP) is 5.26. The average Bonchev–Trinajstić information content (AvgIpc) is 2.45. The Morgan fingerprint density at radius 2 is 1.57 bits per heavy atom. The Hall–Kier alpha value is -1.81. The number of ketones is 1. The largest absolute Gasteiger partial charge is 0.396 e. The van der Waals surface area contributed by atoms with E-state index in [2.05, 4.69) is 0 Å². The van der Waals surface area contributed by atoms with Crippen LogP contribution >= 0.6 is 11.6 Å². The highest BCUT2D eigenvalue weighted by atomic mass is 35.5. The van der Waals surface area contributed by atoms with E-state index >= 15 is 0 Å². The summed E-state index contributed by atoms with van der Waals surface area (Å²) in [5, 5.41) is 0.356. The number of hydrogen-bond donors (Lipinski definition) is 0. The van der Waals surface area contributed by atoms with Crippen LogP contribution in [0.15, 0.2) is 54.6 Å². The topological polar surface area (TPSA) is 17.1 Å². The smallest absolute Gasteiger partial charge is 0.294 e. The van der Waals surface area contributed by atoms with Gasteiger partial charge in [-0.1, -0.05) is 54.1 Å². The molecule has 0 radical (unpaired) electrons. The van der Waals surface area contributed by atoms with Crippen LogP contribution in [0.4, 0.5) is 13.2 Å². The van der Waals surface area contributed by atoms with Crippen molar-refractivity contribution in [2.45, 2.75) is 18.5 Å². The minimum absolute atomic E-state index is 0.0381. The van der Waals surface area contributed by atoms with Crippen molar-refractivity contribution in [2.24, 2.45) is 0 Å². The molecule has 5 heteroatoms. The Bertz CT molecular complexity index is 606. The highest BCUT2D eigenvalue weighted by Gasteiger charge is 2.41. The third kappa shape index (κ3) is 4.08. The molecule has 0 saturated heterocycles. The van der Waals surface area contributed by atoms with Gasteiger partial charge in [0, 0.05) is 17.0 Å². The van der Waals surface area contributed by atoms with Gasteiger partial charge in [0.25, 0.3) is 0 Å². The summed E-state index contributed by atoms with van der Waals surface area (Å²) < 4.78 is 39.6. The number of alkyl halides is 3. The van der Waals surface area contributed by atoms with Gasteiger partial charge in [0.05, 0.1) is 5.92 Å². The molecular formula is C16H12ClF3O. The number of carbonyl (C=O) groups is 1. The lowest BCUT2D eigenvalue weighted by atomic mass is 9.91. The van der Waals surface area contributed by atoms with Crippen LogP contribution in [0.5, 0.6) is 0 Å². The number of rotatable bonds is 4. The van der Waals surface area contributed by atoms with Gasteiger partial charge in [-0.05, 0) is 17.7 Å². The zero-order chi connectivity index (χ0) is 15.5. The monoisotopic (exact) mass is 312 g/mol. The summed E-state index contributed by atoms with van der Waals surface area (Å²) in [5.74, 6) is -2.37. The quantitative estimate of drug-likeness (QED) is 0.704. The molecule has 0 spiro atoms. The number of benzene rings is 2. The lowest BCUT2D eigenvalue weighted by Crippen LogP contribution is -2.23. The van der Waals surface area contributed by atoms with Crippen LogP contribution in [0.3, 0.4) is 0 Å². The summed E-state index contributed by atoms with van der Waals surface area (Å²) in [4.78, 5) is 12.0. The standard InChI is InChI=1S/C16H12ClF3O/c17-13-8-6-11(7-9-13)14(16(18,19)20)10-15(21)12-4-2-1-3-5-12/h1-9,14H,10H2/t14-/m1/s1. The van der Waals surface area contributed by atoms with Crippen molar-refractivity contribution in [3.05, 3.63) is 70.7 Å². The van der Waals surface area contributed by atoms with E-state index in [0.29, 0.717) is 5.02 Å². The zero-order valence-electron chi connectivity index (χ0n) is 10.9. The van der Waals surface area contributed by atoms with Crippen LogP contribution in [-0.2, 0) is 0 Å². The SMILES string of the molecule is O=C(C[C@H](c1ccc(Cl)cc1)C(F)(F)F)c1ccccc1. The number of halogens is 4. The van der Waals surface area contributed by atoms with Crippen LogP contribution < -0.4 is 0 Å². The molecule has 0 fully saturated rings. The Morgan fingerprint density at radius 3 is 2.10 bits per heavy atom. The Balaban J connectivity index is 2.26. The number of hydrogen-bond acceptors (Lipinski definition) is 1. The van der Waals surface area contributed by atoms with E-state index in [-0.39, 0.29) is 11.1 Å². The van der Waals surface area contributed by atoms with Crippen LogP contribution in [0, 0.1) is 0 Å². The molecule has 0 bridgehead atoms. The normalized spacial score (nSPS) is 13.0. The molecule has 0 aromatic heterocycles. The summed E-state index contributed by atoms with van der Waals surface area (Å²) in [6, 6.07) is 13.4. The van der Waals surface area contributed by atoms with Crippen molar-refractivity contribution >= 4 is 17.4 Å². The summed E-state index contributed by atoms with van der Waals surface area (Å²) in [6.07, 6.45) is -5.10. The lowest BCUT2D eigenvalue weighted by Gasteiger charge is -2.20. The summed E-state index contributed by atoms with van der Waals surface area (Å²) in [7, 11) is 0. The molecule has 1 nitrogen and oxygen atoms in total. The molecular weight excluding hydrogens is 301 g/mol. The predicted molar refractivity (Wildman–Crippen MR) is 75.6 cm³/mol. The van der Waals surface area contributed by atoms with Crippen LogP contribution in [-0.4, -0.2) is 12.0 Å². The van der Waals surface area contributed by atoms with E-state index < -0.39 is 24.3 Å². The average molecular weight is 313 g/mol. The van der Waals surface area contributed by atoms with Crippen molar-refractivity contribution in [1.29, 1.82) is 0 Å². The maximum atomic E-state index is 13.2. The molecule has 0 amide bonds. The molecule has 21 heavy (non-hydrogen) atoms. The number of Topliss-reactive ketones (excluding diaryl/α,β-unsaturated/α-hetero) is 1. The van der Waals surface area contributed by atoms with E-state index in [1.165, 1.54) is 36.4 Å².